The number of thiazole rings is 1. The molecule has 1 fully saturated rings. The molecule has 1 aromatic heterocycles. The Morgan fingerprint density at radius 1 is 1.39 bits per heavy atom. The van der Waals surface area contributed by atoms with Gasteiger partial charge in [-0.15, -0.1) is 35.3 Å². The molecule has 0 bridgehead atoms. The van der Waals surface area contributed by atoms with Gasteiger partial charge >= 0.3 is 0 Å². The number of aliphatic imine (C=N–C) groups is 1. The smallest absolute Gasteiger partial charge is 0.191 e. The van der Waals surface area contributed by atoms with Crippen molar-refractivity contribution in [2.24, 2.45) is 10.9 Å². The molecule has 2 rings (SSSR count). The van der Waals surface area contributed by atoms with Crippen molar-refractivity contribution in [3.63, 3.8) is 0 Å². The minimum absolute atomic E-state index is 0. The Morgan fingerprint density at radius 2 is 2.13 bits per heavy atom. The van der Waals surface area contributed by atoms with E-state index in [-0.39, 0.29) is 24.0 Å². The average molecular weight is 451 g/mol. The molecule has 0 saturated carbocycles. The minimum Gasteiger partial charge on any atom is -0.356 e. The van der Waals surface area contributed by atoms with E-state index in [1.54, 1.807) is 11.3 Å². The number of likely N-dealkylation sites (tertiary alicyclic amines) is 1. The van der Waals surface area contributed by atoms with Crippen molar-refractivity contribution in [2.45, 2.75) is 39.7 Å². The van der Waals surface area contributed by atoms with Crippen molar-refractivity contribution in [3.05, 3.63) is 16.1 Å². The maximum Gasteiger partial charge on any atom is 0.191 e. The number of nitrogens with zero attached hydrogens (tertiary/aromatic N) is 3. The van der Waals surface area contributed by atoms with Crippen LogP contribution in [0.25, 0.3) is 0 Å². The van der Waals surface area contributed by atoms with Crippen LogP contribution in [0.5, 0.6) is 0 Å². The van der Waals surface area contributed by atoms with Gasteiger partial charge in [0, 0.05) is 24.7 Å². The van der Waals surface area contributed by atoms with Gasteiger partial charge in [-0.3, -0.25) is 4.99 Å². The monoisotopic (exact) mass is 451 g/mol. The van der Waals surface area contributed by atoms with Crippen molar-refractivity contribution in [1.29, 1.82) is 0 Å². The van der Waals surface area contributed by atoms with Crippen molar-refractivity contribution >= 4 is 41.3 Å². The molecule has 0 spiro atoms. The molecule has 2 heterocycles. The van der Waals surface area contributed by atoms with E-state index in [2.05, 4.69) is 39.4 Å². The second-order valence-corrected chi connectivity index (χ2v) is 7.28. The predicted molar refractivity (Wildman–Crippen MR) is 110 cm³/mol. The lowest BCUT2D eigenvalue weighted by molar-refractivity contribution is 0.185. The van der Waals surface area contributed by atoms with Gasteiger partial charge in [-0.1, -0.05) is 6.92 Å². The fourth-order valence-electron chi connectivity index (χ4n) is 2.83. The quantitative estimate of drug-likeness (QED) is 0.397. The zero-order valence-electron chi connectivity index (χ0n) is 14.5. The van der Waals surface area contributed by atoms with Crippen LogP contribution in [-0.4, -0.2) is 49.1 Å². The van der Waals surface area contributed by atoms with Crippen LogP contribution in [0.1, 0.15) is 36.1 Å². The Morgan fingerprint density at radius 3 is 2.70 bits per heavy atom. The summed E-state index contributed by atoms with van der Waals surface area (Å²) in [7, 11) is 1.83. The summed E-state index contributed by atoms with van der Waals surface area (Å²) in [5, 5.41) is 7.91. The molecule has 23 heavy (non-hydrogen) atoms. The van der Waals surface area contributed by atoms with Crippen molar-refractivity contribution in [3.8, 4) is 0 Å². The number of nitrogens with one attached hydrogen (secondary N) is 2. The van der Waals surface area contributed by atoms with E-state index < -0.39 is 0 Å². The number of hydrogen-bond donors (Lipinski definition) is 2. The van der Waals surface area contributed by atoms with Crippen LogP contribution in [0, 0.1) is 12.8 Å². The summed E-state index contributed by atoms with van der Waals surface area (Å²) >= 11 is 1.73. The highest BCUT2D eigenvalue weighted by Crippen LogP contribution is 2.16. The van der Waals surface area contributed by atoms with Crippen molar-refractivity contribution in [2.75, 3.05) is 33.2 Å². The number of hydrogen-bond acceptors (Lipinski definition) is 4. The van der Waals surface area contributed by atoms with Gasteiger partial charge in [0.1, 0.15) is 5.01 Å². The van der Waals surface area contributed by atoms with Crippen LogP contribution < -0.4 is 10.6 Å². The molecule has 1 saturated heterocycles. The van der Waals surface area contributed by atoms with E-state index in [9.17, 15) is 0 Å². The summed E-state index contributed by atoms with van der Waals surface area (Å²) in [6.07, 6.45) is 5.75. The lowest BCUT2D eigenvalue weighted by atomic mass is 9.97. The summed E-state index contributed by atoms with van der Waals surface area (Å²) < 4.78 is 0. The first-order valence-electron chi connectivity index (χ1n) is 8.29. The molecule has 1 aromatic rings. The van der Waals surface area contributed by atoms with Gasteiger partial charge in [0.25, 0.3) is 0 Å². The molecular weight excluding hydrogens is 421 g/mol. The molecule has 0 aromatic carbocycles. The highest BCUT2D eigenvalue weighted by atomic mass is 127. The zero-order chi connectivity index (χ0) is 15.8. The maximum absolute atomic E-state index is 4.37. The van der Waals surface area contributed by atoms with Crippen molar-refractivity contribution in [1.82, 2.24) is 20.5 Å². The number of aryl methyl sites for hydroxylation is 1. The van der Waals surface area contributed by atoms with Gasteiger partial charge in [0.2, 0.25) is 0 Å². The van der Waals surface area contributed by atoms with Gasteiger partial charge in [0.05, 0.1) is 6.54 Å². The summed E-state index contributed by atoms with van der Waals surface area (Å²) in [5.41, 5.74) is 0. The van der Waals surface area contributed by atoms with E-state index in [1.165, 1.54) is 43.8 Å². The van der Waals surface area contributed by atoms with Gasteiger partial charge in [0.15, 0.2) is 5.96 Å². The second-order valence-electron chi connectivity index (χ2n) is 5.96. The molecule has 1 aliphatic rings. The van der Waals surface area contributed by atoms with Gasteiger partial charge < -0.3 is 15.5 Å². The van der Waals surface area contributed by atoms with Crippen molar-refractivity contribution < 1.29 is 0 Å². The molecule has 7 heteroatoms. The molecule has 0 aliphatic carbocycles. The number of aromatic nitrogens is 1. The van der Waals surface area contributed by atoms with Crippen LogP contribution in [0.15, 0.2) is 11.2 Å². The first kappa shape index (κ1) is 20.6. The topological polar surface area (TPSA) is 52.5 Å². The molecular formula is C16H30IN5S. The van der Waals surface area contributed by atoms with Gasteiger partial charge in [-0.2, -0.15) is 0 Å². The number of halogens is 1. The Bertz CT molecular complexity index is 469. The lowest BCUT2D eigenvalue weighted by Gasteiger charge is -2.32. The Kier molecular flexibility index (Phi) is 10.0. The largest absolute Gasteiger partial charge is 0.356 e. The van der Waals surface area contributed by atoms with E-state index in [0.29, 0.717) is 0 Å². The van der Waals surface area contributed by atoms with E-state index >= 15 is 0 Å². The highest BCUT2D eigenvalue weighted by molar-refractivity contribution is 14.0. The first-order chi connectivity index (χ1) is 10.7. The molecule has 1 aliphatic heterocycles. The molecule has 132 valence electrons. The lowest BCUT2D eigenvalue weighted by Crippen LogP contribution is -2.42. The molecule has 5 nitrogen and oxygen atoms in total. The molecule has 0 unspecified atom stereocenters. The number of rotatable bonds is 6. The second kappa shape index (κ2) is 11.2. The average Bonchev–Trinajstić information content (AvgIpc) is 2.95. The van der Waals surface area contributed by atoms with E-state index in [1.807, 2.05) is 13.2 Å². The van der Waals surface area contributed by atoms with Crippen LogP contribution >= 0.6 is 35.3 Å². The van der Waals surface area contributed by atoms with Gasteiger partial charge in [-0.25, -0.2) is 4.98 Å². The Hall–Kier alpha value is -0.410. The molecule has 0 radical (unpaired) electrons. The fraction of sp³-hybridized carbons (Fsp3) is 0.750. The Labute approximate surface area is 161 Å². The van der Waals surface area contributed by atoms with Crippen LogP contribution in [0.2, 0.25) is 0 Å². The highest BCUT2D eigenvalue weighted by Gasteiger charge is 2.18. The number of piperidine rings is 1. The fourth-order valence-corrected chi connectivity index (χ4v) is 3.56. The van der Waals surface area contributed by atoms with E-state index in [0.717, 1.165) is 30.0 Å². The Balaban J connectivity index is 0.00000264. The zero-order valence-corrected chi connectivity index (χ0v) is 17.6. The number of guanidine groups is 1. The third-order valence-electron chi connectivity index (χ3n) is 4.10. The molecule has 0 atom stereocenters. The summed E-state index contributed by atoms with van der Waals surface area (Å²) in [5.74, 6) is 1.64. The van der Waals surface area contributed by atoms with E-state index in [4.69, 9.17) is 0 Å². The van der Waals surface area contributed by atoms with Crippen LogP contribution in [0.3, 0.4) is 0 Å². The van der Waals surface area contributed by atoms with Crippen LogP contribution in [-0.2, 0) is 6.54 Å². The predicted octanol–water partition coefficient (Wildman–Crippen LogP) is 2.86. The third kappa shape index (κ3) is 7.34. The summed E-state index contributed by atoms with van der Waals surface area (Å²) in [4.78, 5) is 12.5. The normalized spacial score (nSPS) is 16.9. The standard InChI is InChI=1S/C16H29N5S.HI/c1-4-7-21-8-5-14(6-9-21)11-19-16(17-3)20-12-15-18-10-13(2)22-15;/h10,14H,4-9,11-12H2,1-3H3,(H2,17,19,20);1H. The first-order valence-corrected chi connectivity index (χ1v) is 9.11. The minimum atomic E-state index is 0. The molecule has 0 amide bonds. The maximum atomic E-state index is 4.37. The SMILES string of the molecule is CCCN1CCC(CNC(=NC)NCc2ncc(C)s2)CC1.I. The van der Waals surface area contributed by atoms with Crippen LogP contribution in [0.4, 0.5) is 0 Å². The third-order valence-corrected chi connectivity index (χ3v) is 5.02. The van der Waals surface area contributed by atoms with Gasteiger partial charge in [-0.05, 0) is 51.7 Å². The summed E-state index contributed by atoms with van der Waals surface area (Å²) in [6, 6.07) is 0. The molecule has 2 N–H and O–H groups in total. The summed E-state index contributed by atoms with van der Waals surface area (Å²) in [6.45, 7) is 9.82.